The Balaban J connectivity index is 1.67. The molecule has 158 valence electrons. The van der Waals surface area contributed by atoms with Gasteiger partial charge in [0.1, 0.15) is 21.2 Å². The maximum Gasteiger partial charge on any atom is 0.267 e. The summed E-state index contributed by atoms with van der Waals surface area (Å²) in [4.78, 5) is 19.4. The Kier molecular flexibility index (Phi) is 4.82. The SMILES string of the molecule is Cc1ccc(-c2c3c(nc4sc(C(=O)Nc5cccc(C)c5C)c(N)c24)CCCC3)o1. The van der Waals surface area contributed by atoms with Crippen LogP contribution in [-0.2, 0) is 12.8 Å². The normalized spacial score (nSPS) is 13.4. The number of thiophene rings is 1. The van der Waals surface area contributed by atoms with E-state index in [-0.39, 0.29) is 5.91 Å². The lowest BCUT2D eigenvalue weighted by molar-refractivity contribution is 0.103. The highest BCUT2D eigenvalue weighted by atomic mass is 32.1. The van der Waals surface area contributed by atoms with Crippen molar-refractivity contribution in [3.8, 4) is 11.3 Å². The zero-order valence-corrected chi connectivity index (χ0v) is 18.8. The van der Waals surface area contributed by atoms with Gasteiger partial charge in [0.25, 0.3) is 5.91 Å². The number of nitrogens with zero attached hydrogens (tertiary/aromatic N) is 1. The van der Waals surface area contributed by atoms with E-state index in [9.17, 15) is 4.79 Å². The van der Waals surface area contributed by atoms with Crippen LogP contribution in [0, 0.1) is 20.8 Å². The molecule has 0 unspecified atom stereocenters. The molecular formula is C25H25N3O2S. The van der Waals surface area contributed by atoms with Crippen LogP contribution < -0.4 is 11.1 Å². The van der Waals surface area contributed by atoms with Gasteiger partial charge in [-0.1, -0.05) is 12.1 Å². The molecule has 1 aliphatic rings. The first kappa shape index (κ1) is 19.8. The van der Waals surface area contributed by atoms with Crippen LogP contribution in [0.25, 0.3) is 21.5 Å². The first-order valence-electron chi connectivity index (χ1n) is 10.6. The van der Waals surface area contributed by atoms with Crippen molar-refractivity contribution in [3.63, 3.8) is 0 Å². The van der Waals surface area contributed by atoms with E-state index >= 15 is 0 Å². The molecule has 0 atom stereocenters. The maximum atomic E-state index is 13.2. The molecule has 1 aliphatic carbocycles. The van der Waals surface area contributed by atoms with Crippen molar-refractivity contribution in [3.05, 3.63) is 63.4 Å². The lowest BCUT2D eigenvalue weighted by Crippen LogP contribution is -2.13. The second-order valence-corrected chi connectivity index (χ2v) is 9.26. The highest BCUT2D eigenvalue weighted by Gasteiger charge is 2.27. The van der Waals surface area contributed by atoms with Crippen molar-refractivity contribution in [2.45, 2.75) is 46.5 Å². The summed E-state index contributed by atoms with van der Waals surface area (Å²) >= 11 is 1.36. The number of nitrogen functional groups attached to an aromatic ring is 1. The van der Waals surface area contributed by atoms with Gasteiger partial charge in [-0.25, -0.2) is 4.98 Å². The predicted molar refractivity (Wildman–Crippen MR) is 127 cm³/mol. The van der Waals surface area contributed by atoms with E-state index in [1.807, 2.05) is 51.1 Å². The number of fused-ring (bicyclic) bond motifs is 2. The Morgan fingerprint density at radius 2 is 1.94 bits per heavy atom. The molecule has 5 nitrogen and oxygen atoms in total. The van der Waals surface area contributed by atoms with Gasteiger partial charge in [0, 0.05) is 22.3 Å². The van der Waals surface area contributed by atoms with Crippen LogP contribution >= 0.6 is 11.3 Å². The first-order valence-corrected chi connectivity index (χ1v) is 11.4. The monoisotopic (exact) mass is 431 g/mol. The van der Waals surface area contributed by atoms with E-state index < -0.39 is 0 Å². The van der Waals surface area contributed by atoms with Crippen LogP contribution in [0.5, 0.6) is 0 Å². The minimum atomic E-state index is -0.200. The molecular weight excluding hydrogens is 406 g/mol. The van der Waals surface area contributed by atoms with Crippen molar-refractivity contribution in [1.29, 1.82) is 0 Å². The summed E-state index contributed by atoms with van der Waals surface area (Å²) in [5.41, 5.74) is 13.4. The standard InChI is InChI=1S/C25H25N3O2S/c1-13-7-6-10-17(15(13)3)27-24(29)23-22(26)21-20(19-12-11-14(2)30-19)16-8-4-5-9-18(16)28-25(21)31-23/h6-7,10-12H,4-5,8-9,26H2,1-3H3,(H,27,29). The molecule has 1 aromatic carbocycles. The molecule has 0 bridgehead atoms. The summed E-state index contributed by atoms with van der Waals surface area (Å²) in [5, 5.41) is 3.88. The molecule has 3 aromatic heterocycles. The van der Waals surface area contributed by atoms with Gasteiger partial charge < -0.3 is 15.5 Å². The van der Waals surface area contributed by atoms with E-state index in [2.05, 4.69) is 5.32 Å². The van der Waals surface area contributed by atoms with E-state index in [0.717, 1.165) is 75.5 Å². The topological polar surface area (TPSA) is 81.2 Å². The Morgan fingerprint density at radius 3 is 2.71 bits per heavy atom. The smallest absolute Gasteiger partial charge is 0.267 e. The van der Waals surface area contributed by atoms with Gasteiger partial charge in [-0.3, -0.25) is 4.79 Å². The number of carbonyl (C=O) groups is 1. The molecule has 31 heavy (non-hydrogen) atoms. The summed E-state index contributed by atoms with van der Waals surface area (Å²) in [6.45, 7) is 5.98. The van der Waals surface area contributed by atoms with Gasteiger partial charge in [0.15, 0.2) is 0 Å². The molecule has 1 amide bonds. The number of pyridine rings is 1. The average Bonchev–Trinajstić information content (AvgIpc) is 3.33. The number of aromatic nitrogens is 1. The zero-order valence-electron chi connectivity index (χ0n) is 18.0. The molecule has 0 saturated carbocycles. The van der Waals surface area contributed by atoms with Crippen LogP contribution in [0.4, 0.5) is 11.4 Å². The predicted octanol–water partition coefficient (Wildman–Crippen LogP) is 6.19. The molecule has 4 aromatic rings. The Labute approximate surface area is 185 Å². The summed E-state index contributed by atoms with van der Waals surface area (Å²) in [7, 11) is 0. The Bertz CT molecular complexity index is 1330. The fourth-order valence-electron chi connectivity index (χ4n) is 4.38. The molecule has 0 spiro atoms. The summed E-state index contributed by atoms with van der Waals surface area (Å²) in [6, 6.07) is 9.85. The van der Waals surface area contributed by atoms with Crippen molar-refractivity contribution in [2.75, 3.05) is 11.1 Å². The Hall–Kier alpha value is -3.12. The lowest BCUT2D eigenvalue weighted by atomic mass is 9.89. The van der Waals surface area contributed by atoms with Crippen molar-refractivity contribution in [1.82, 2.24) is 4.98 Å². The fourth-order valence-corrected chi connectivity index (χ4v) is 5.40. The molecule has 0 fully saturated rings. The number of hydrogen-bond donors (Lipinski definition) is 2. The van der Waals surface area contributed by atoms with Crippen molar-refractivity contribution in [2.24, 2.45) is 0 Å². The summed E-state index contributed by atoms with van der Waals surface area (Å²) in [5.74, 6) is 1.45. The number of aryl methyl sites for hydroxylation is 3. The molecule has 6 heteroatoms. The first-order chi connectivity index (χ1) is 14.9. The van der Waals surface area contributed by atoms with Gasteiger partial charge >= 0.3 is 0 Å². The van der Waals surface area contributed by atoms with Gasteiger partial charge in [-0.05, 0) is 81.3 Å². The molecule has 3 heterocycles. The number of hydrogen-bond acceptors (Lipinski definition) is 5. The van der Waals surface area contributed by atoms with E-state index in [4.69, 9.17) is 15.1 Å². The van der Waals surface area contributed by atoms with E-state index in [1.54, 1.807) is 0 Å². The van der Waals surface area contributed by atoms with Gasteiger partial charge in [0.2, 0.25) is 0 Å². The number of furan rings is 1. The van der Waals surface area contributed by atoms with E-state index in [1.165, 1.54) is 16.9 Å². The second-order valence-electron chi connectivity index (χ2n) is 8.26. The third-order valence-electron chi connectivity index (χ3n) is 6.20. The third kappa shape index (κ3) is 3.31. The van der Waals surface area contributed by atoms with Crippen molar-refractivity contribution >= 4 is 38.8 Å². The minimum absolute atomic E-state index is 0.200. The quantitative estimate of drug-likeness (QED) is 0.405. The number of amides is 1. The second kappa shape index (κ2) is 7.54. The van der Waals surface area contributed by atoms with Crippen LogP contribution in [0.2, 0.25) is 0 Å². The number of rotatable bonds is 3. The highest BCUT2D eigenvalue weighted by Crippen LogP contribution is 2.44. The number of benzene rings is 1. The highest BCUT2D eigenvalue weighted by molar-refractivity contribution is 7.21. The number of anilines is 2. The molecule has 3 N–H and O–H groups in total. The zero-order chi connectivity index (χ0) is 21.7. The van der Waals surface area contributed by atoms with Crippen LogP contribution in [0.15, 0.2) is 34.7 Å². The fraction of sp³-hybridized carbons (Fsp3) is 0.280. The third-order valence-corrected chi connectivity index (χ3v) is 7.30. The number of nitrogens with two attached hydrogens (primary N) is 1. The van der Waals surface area contributed by atoms with Crippen molar-refractivity contribution < 1.29 is 9.21 Å². The minimum Gasteiger partial charge on any atom is -0.461 e. The Morgan fingerprint density at radius 1 is 1.13 bits per heavy atom. The average molecular weight is 432 g/mol. The molecule has 0 radical (unpaired) electrons. The van der Waals surface area contributed by atoms with Gasteiger partial charge in [-0.2, -0.15) is 0 Å². The lowest BCUT2D eigenvalue weighted by Gasteiger charge is -2.18. The summed E-state index contributed by atoms with van der Waals surface area (Å²) in [6.07, 6.45) is 4.15. The number of carbonyl (C=O) groups excluding carboxylic acids is 1. The largest absolute Gasteiger partial charge is 0.461 e. The molecule has 0 aliphatic heterocycles. The van der Waals surface area contributed by atoms with Gasteiger partial charge in [0.05, 0.1) is 5.69 Å². The molecule has 0 saturated heterocycles. The van der Waals surface area contributed by atoms with Crippen LogP contribution in [0.3, 0.4) is 0 Å². The number of nitrogens with one attached hydrogen (secondary N) is 1. The van der Waals surface area contributed by atoms with E-state index in [0.29, 0.717) is 10.6 Å². The summed E-state index contributed by atoms with van der Waals surface area (Å²) < 4.78 is 6.01. The molecule has 5 rings (SSSR count). The van der Waals surface area contributed by atoms with Gasteiger partial charge in [-0.15, -0.1) is 11.3 Å². The van der Waals surface area contributed by atoms with Crippen LogP contribution in [-0.4, -0.2) is 10.9 Å². The maximum absolute atomic E-state index is 13.2. The van der Waals surface area contributed by atoms with Crippen LogP contribution in [0.1, 0.15) is 50.7 Å².